The van der Waals surface area contributed by atoms with Gasteiger partial charge in [0.2, 0.25) is 5.91 Å². The molecule has 3 unspecified atom stereocenters. The number of nitrogens with zero attached hydrogens (tertiary/aromatic N) is 4. The zero-order valence-corrected chi connectivity index (χ0v) is 22.0. The summed E-state index contributed by atoms with van der Waals surface area (Å²) in [4.78, 5) is 34.4. The summed E-state index contributed by atoms with van der Waals surface area (Å²) in [6.07, 6.45) is 13.8. The topological polar surface area (TPSA) is 125 Å². The van der Waals surface area contributed by atoms with Crippen LogP contribution in [0.2, 0.25) is 0 Å². The van der Waals surface area contributed by atoms with Crippen molar-refractivity contribution in [2.24, 2.45) is 0 Å². The molecule has 1 aromatic carbocycles. The van der Waals surface area contributed by atoms with E-state index in [1.807, 2.05) is 36.5 Å². The molecule has 1 saturated heterocycles. The number of carbonyl (C=O) groups excluding carboxylic acids is 2. The molecular weight excluding hydrogens is 480 g/mol. The Morgan fingerprint density at radius 1 is 1.32 bits per heavy atom. The number of hydrogen-bond donors (Lipinski definition) is 3. The number of nitriles is 1. The molecular formula is C29H36N6O3. The lowest BCUT2D eigenvalue weighted by Crippen LogP contribution is -2.44. The summed E-state index contributed by atoms with van der Waals surface area (Å²) in [5.41, 5.74) is 4.21. The van der Waals surface area contributed by atoms with Crippen LogP contribution in [0, 0.1) is 18.4 Å². The molecule has 1 aliphatic carbocycles. The maximum atomic E-state index is 13.3. The molecule has 0 spiro atoms. The first kappa shape index (κ1) is 27.1. The minimum atomic E-state index is -0.519. The molecule has 5 rings (SSSR count). The Balaban J connectivity index is 0.000000283. The highest BCUT2D eigenvalue weighted by Crippen LogP contribution is 2.30. The van der Waals surface area contributed by atoms with E-state index in [0.29, 0.717) is 19.3 Å². The van der Waals surface area contributed by atoms with Crippen molar-refractivity contribution in [3.63, 3.8) is 0 Å². The normalized spacial score (nSPS) is 20.2. The number of likely N-dealkylation sites (tertiary alicyclic amines) is 1. The van der Waals surface area contributed by atoms with Gasteiger partial charge < -0.3 is 25.1 Å². The molecule has 9 nitrogen and oxygen atoms in total. The lowest BCUT2D eigenvalue weighted by molar-refractivity contribution is -0.123. The minimum absolute atomic E-state index is 0.0464. The number of fused-ring (bicyclic) bond motifs is 1. The average molecular weight is 517 g/mol. The number of aromatic nitrogens is 2. The fraction of sp³-hybridized carbons (Fsp3) is 0.448. The molecule has 0 radical (unpaired) electrons. The number of aliphatic hydroxyl groups is 1. The van der Waals surface area contributed by atoms with Crippen LogP contribution in [0.1, 0.15) is 55.7 Å². The molecule has 2 aliphatic rings. The quantitative estimate of drug-likeness (QED) is 0.338. The number of amides is 1. The van der Waals surface area contributed by atoms with Crippen LogP contribution in [0.3, 0.4) is 0 Å². The minimum Gasteiger partial charge on any atom is -0.391 e. The first-order chi connectivity index (χ1) is 18.4. The Hall–Kier alpha value is -3.90. The number of likely N-dealkylation sites (N-methyl/N-ethyl adjacent to an activating group) is 1. The zero-order chi connectivity index (χ0) is 27.1. The Kier molecular flexibility index (Phi) is 8.98. The Labute approximate surface area is 223 Å². The van der Waals surface area contributed by atoms with Gasteiger partial charge in [-0.15, -0.1) is 0 Å². The molecule has 3 aromatic rings. The summed E-state index contributed by atoms with van der Waals surface area (Å²) in [5.74, 6) is 0.0464. The van der Waals surface area contributed by atoms with Crippen molar-refractivity contribution in [3.05, 3.63) is 60.0 Å². The Bertz CT molecular complexity index is 1260. The van der Waals surface area contributed by atoms with E-state index in [9.17, 15) is 9.59 Å². The smallest absolute Gasteiger partial charge is 0.247 e. The van der Waals surface area contributed by atoms with Crippen molar-refractivity contribution in [2.75, 3.05) is 18.5 Å². The number of anilines is 1. The van der Waals surface area contributed by atoms with Gasteiger partial charge in [0.05, 0.1) is 18.7 Å². The number of H-pyrrole nitrogens is 1. The van der Waals surface area contributed by atoms with Crippen LogP contribution >= 0.6 is 0 Å². The lowest BCUT2D eigenvalue weighted by Gasteiger charge is -2.32. The second-order valence-corrected chi connectivity index (χ2v) is 10.2. The maximum absolute atomic E-state index is 13.3. The molecule has 1 aliphatic heterocycles. The van der Waals surface area contributed by atoms with Gasteiger partial charge in [0.15, 0.2) is 6.19 Å². The number of aromatic amines is 1. The highest BCUT2D eigenvalue weighted by Gasteiger charge is 2.30. The summed E-state index contributed by atoms with van der Waals surface area (Å²) < 4.78 is 0. The number of carbonyl (C=O) groups is 2. The lowest BCUT2D eigenvalue weighted by atomic mass is 9.95. The monoisotopic (exact) mass is 516 g/mol. The van der Waals surface area contributed by atoms with Crippen molar-refractivity contribution >= 4 is 28.8 Å². The van der Waals surface area contributed by atoms with Gasteiger partial charge >= 0.3 is 0 Å². The van der Waals surface area contributed by atoms with Crippen LogP contribution in [-0.4, -0.2) is 63.9 Å². The standard InChI is InChI=1S/C23H28N4O.C6H8N2O2/c1-16-14-25-21-13-19(10-11-20(16)21)27(2)22(17-7-6-12-24-15-17)23(28)26-18-8-4-3-5-9-18;7-4-8-2-6(10)1-5(8)3-9/h6-7,10-15,18,22,25H,3-5,8-9H2,1-2H3,(H,26,28);3,5-6,10H,1-2H2. The van der Waals surface area contributed by atoms with Crippen LogP contribution < -0.4 is 10.2 Å². The van der Waals surface area contributed by atoms with Crippen LogP contribution in [-0.2, 0) is 9.59 Å². The van der Waals surface area contributed by atoms with Crippen LogP contribution in [0.4, 0.5) is 5.69 Å². The molecule has 1 saturated carbocycles. The number of aliphatic hydroxyl groups excluding tert-OH is 1. The van der Waals surface area contributed by atoms with E-state index in [4.69, 9.17) is 10.4 Å². The van der Waals surface area contributed by atoms with Crippen molar-refractivity contribution in [1.82, 2.24) is 20.2 Å². The van der Waals surface area contributed by atoms with Crippen molar-refractivity contribution < 1.29 is 14.7 Å². The van der Waals surface area contributed by atoms with E-state index in [-0.39, 0.29) is 11.9 Å². The van der Waals surface area contributed by atoms with E-state index in [0.717, 1.165) is 29.6 Å². The van der Waals surface area contributed by atoms with Crippen molar-refractivity contribution in [1.29, 1.82) is 5.26 Å². The summed E-state index contributed by atoms with van der Waals surface area (Å²) in [5, 5.41) is 21.9. The van der Waals surface area contributed by atoms with E-state index < -0.39 is 18.2 Å². The second kappa shape index (κ2) is 12.6. The third-order valence-electron chi connectivity index (χ3n) is 7.47. The molecule has 3 N–H and O–H groups in total. The SMILES string of the molecule is Cc1c[nH]c2cc(N(C)C(C(=O)NC3CCCCC3)c3cccnc3)ccc12.N#CN1CC(O)CC1C=O. The zero-order valence-electron chi connectivity index (χ0n) is 22.0. The number of β-amino-alcohol motifs (C(OH)–C–C–N with tert-alkyl or cyclic N) is 1. The van der Waals surface area contributed by atoms with Gasteiger partial charge in [0.25, 0.3) is 0 Å². The molecule has 3 atom stereocenters. The predicted molar refractivity (Wildman–Crippen MR) is 146 cm³/mol. The molecule has 9 heteroatoms. The highest BCUT2D eigenvalue weighted by atomic mass is 16.3. The van der Waals surface area contributed by atoms with Gasteiger partial charge in [-0.3, -0.25) is 14.7 Å². The summed E-state index contributed by atoms with van der Waals surface area (Å²) in [6, 6.07) is 9.64. The Morgan fingerprint density at radius 2 is 2.11 bits per heavy atom. The predicted octanol–water partition coefficient (Wildman–Crippen LogP) is 3.60. The average Bonchev–Trinajstić information content (AvgIpc) is 3.51. The highest BCUT2D eigenvalue weighted by molar-refractivity contribution is 5.89. The van der Waals surface area contributed by atoms with Gasteiger partial charge in [0, 0.05) is 60.3 Å². The van der Waals surface area contributed by atoms with Gasteiger partial charge in [0.1, 0.15) is 12.3 Å². The fourth-order valence-corrected chi connectivity index (χ4v) is 5.33. The van der Waals surface area contributed by atoms with Crippen LogP contribution in [0.15, 0.2) is 48.9 Å². The van der Waals surface area contributed by atoms with E-state index in [1.54, 1.807) is 12.4 Å². The first-order valence-corrected chi connectivity index (χ1v) is 13.2. The van der Waals surface area contributed by atoms with Crippen LogP contribution in [0.25, 0.3) is 10.9 Å². The number of nitrogens with one attached hydrogen (secondary N) is 2. The number of rotatable bonds is 6. The molecule has 3 heterocycles. The molecule has 38 heavy (non-hydrogen) atoms. The second-order valence-electron chi connectivity index (χ2n) is 10.2. The van der Waals surface area contributed by atoms with E-state index in [2.05, 4.69) is 40.4 Å². The number of pyridine rings is 1. The third-order valence-corrected chi connectivity index (χ3v) is 7.47. The molecule has 200 valence electrons. The third kappa shape index (κ3) is 6.32. The number of aryl methyl sites for hydroxylation is 1. The maximum Gasteiger partial charge on any atom is 0.247 e. The Morgan fingerprint density at radius 3 is 2.76 bits per heavy atom. The van der Waals surface area contributed by atoms with Crippen LogP contribution in [0.5, 0.6) is 0 Å². The van der Waals surface area contributed by atoms with Gasteiger partial charge in [-0.2, -0.15) is 5.26 Å². The summed E-state index contributed by atoms with van der Waals surface area (Å²) in [6.45, 7) is 2.39. The van der Waals surface area contributed by atoms with E-state index in [1.165, 1.54) is 35.1 Å². The first-order valence-electron chi connectivity index (χ1n) is 13.2. The summed E-state index contributed by atoms with van der Waals surface area (Å²) >= 11 is 0. The number of benzene rings is 1. The molecule has 0 bridgehead atoms. The largest absolute Gasteiger partial charge is 0.391 e. The van der Waals surface area contributed by atoms with Gasteiger partial charge in [-0.25, -0.2) is 0 Å². The molecule has 2 fully saturated rings. The van der Waals surface area contributed by atoms with Gasteiger partial charge in [-0.1, -0.05) is 31.4 Å². The molecule has 2 aromatic heterocycles. The molecule has 1 amide bonds. The summed E-state index contributed by atoms with van der Waals surface area (Å²) in [7, 11) is 1.98. The number of hydrogen-bond acceptors (Lipinski definition) is 7. The van der Waals surface area contributed by atoms with E-state index >= 15 is 0 Å². The fourth-order valence-electron chi connectivity index (χ4n) is 5.33. The van der Waals surface area contributed by atoms with Gasteiger partial charge in [-0.05, 0) is 43.5 Å². The van der Waals surface area contributed by atoms with Crippen molar-refractivity contribution in [2.45, 2.75) is 69.7 Å². The van der Waals surface area contributed by atoms with Crippen molar-refractivity contribution in [3.8, 4) is 6.19 Å². The number of aldehydes is 1.